The van der Waals surface area contributed by atoms with Crippen molar-refractivity contribution in [2.24, 2.45) is 7.05 Å². The summed E-state index contributed by atoms with van der Waals surface area (Å²) in [6.45, 7) is 3.10. The number of aromatic nitrogens is 1. The van der Waals surface area contributed by atoms with Crippen molar-refractivity contribution in [2.45, 2.75) is 13.5 Å². The molecular formula is C12H16N2. The maximum atomic E-state index is 3.18. The van der Waals surface area contributed by atoms with E-state index in [1.165, 1.54) is 22.0 Å². The topological polar surface area (TPSA) is 17.0 Å². The molecule has 2 aromatic rings. The van der Waals surface area contributed by atoms with Crippen LogP contribution >= 0.6 is 0 Å². The Morgan fingerprint density at radius 3 is 2.86 bits per heavy atom. The number of hydrogen-bond acceptors (Lipinski definition) is 1. The molecule has 2 heteroatoms. The van der Waals surface area contributed by atoms with E-state index in [4.69, 9.17) is 0 Å². The van der Waals surface area contributed by atoms with Gasteiger partial charge in [-0.1, -0.05) is 6.07 Å². The normalized spacial score (nSPS) is 11.1. The smallest absolute Gasteiger partial charge is 0.0507 e. The molecule has 0 bridgehead atoms. The second kappa shape index (κ2) is 3.46. The third-order valence-electron chi connectivity index (χ3n) is 2.60. The first-order valence-electron chi connectivity index (χ1n) is 4.91. The standard InChI is InChI=1S/C12H16N2/c1-9-6-10(8-13-2)7-11-4-5-14(3)12(9)11/h4-7,13H,8H2,1-3H3. The minimum Gasteiger partial charge on any atom is -0.350 e. The Morgan fingerprint density at radius 2 is 2.14 bits per heavy atom. The van der Waals surface area contributed by atoms with Gasteiger partial charge in [-0.05, 0) is 37.2 Å². The average Bonchev–Trinajstić information content (AvgIpc) is 2.48. The van der Waals surface area contributed by atoms with Crippen molar-refractivity contribution >= 4 is 10.9 Å². The van der Waals surface area contributed by atoms with Crippen LogP contribution in [0.3, 0.4) is 0 Å². The van der Waals surface area contributed by atoms with E-state index in [-0.39, 0.29) is 0 Å². The Bertz CT molecular complexity index is 455. The van der Waals surface area contributed by atoms with E-state index in [9.17, 15) is 0 Å². The SMILES string of the molecule is CNCc1cc(C)c2c(ccn2C)c1. The van der Waals surface area contributed by atoms with Crippen molar-refractivity contribution in [1.82, 2.24) is 9.88 Å². The Kier molecular flexibility index (Phi) is 2.30. The van der Waals surface area contributed by atoms with Crippen LogP contribution < -0.4 is 5.32 Å². The summed E-state index contributed by atoms with van der Waals surface area (Å²) < 4.78 is 2.17. The number of nitrogens with one attached hydrogen (secondary N) is 1. The molecule has 2 rings (SSSR count). The van der Waals surface area contributed by atoms with Crippen LogP contribution in [0.2, 0.25) is 0 Å². The molecule has 1 N–H and O–H groups in total. The van der Waals surface area contributed by atoms with Crippen molar-refractivity contribution < 1.29 is 0 Å². The molecular weight excluding hydrogens is 172 g/mol. The van der Waals surface area contributed by atoms with Gasteiger partial charge in [0.2, 0.25) is 0 Å². The van der Waals surface area contributed by atoms with Gasteiger partial charge in [-0.15, -0.1) is 0 Å². The molecule has 1 heterocycles. The van der Waals surface area contributed by atoms with Crippen LogP contribution in [-0.4, -0.2) is 11.6 Å². The maximum Gasteiger partial charge on any atom is 0.0507 e. The molecule has 1 aromatic heterocycles. The first-order chi connectivity index (χ1) is 6.72. The van der Waals surface area contributed by atoms with Crippen LogP contribution in [-0.2, 0) is 13.6 Å². The molecule has 14 heavy (non-hydrogen) atoms. The Balaban J connectivity index is 2.62. The van der Waals surface area contributed by atoms with Crippen LogP contribution in [0.1, 0.15) is 11.1 Å². The van der Waals surface area contributed by atoms with Crippen molar-refractivity contribution in [3.8, 4) is 0 Å². The van der Waals surface area contributed by atoms with Gasteiger partial charge in [0.25, 0.3) is 0 Å². The first-order valence-corrected chi connectivity index (χ1v) is 4.91. The Hall–Kier alpha value is -1.28. The van der Waals surface area contributed by atoms with Gasteiger partial charge in [-0.3, -0.25) is 0 Å². The van der Waals surface area contributed by atoms with Gasteiger partial charge in [0, 0.05) is 25.2 Å². The predicted octanol–water partition coefficient (Wildman–Crippen LogP) is 2.21. The second-order valence-corrected chi connectivity index (χ2v) is 3.81. The Labute approximate surface area is 84.5 Å². The Morgan fingerprint density at radius 1 is 1.36 bits per heavy atom. The van der Waals surface area contributed by atoms with E-state index in [0.29, 0.717) is 0 Å². The third kappa shape index (κ3) is 1.42. The van der Waals surface area contributed by atoms with Gasteiger partial charge in [-0.2, -0.15) is 0 Å². The lowest BCUT2D eigenvalue weighted by Gasteiger charge is -2.05. The van der Waals surface area contributed by atoms with Crippen LogP contribution in [0, 0.1) is 6.92 Å². The fourth-order valence-electron chi connectivity index (χ4n) is 2.07. The summed E-state index contributed by atoms with van der Waals surface area (Å²) in [6, 6.07) is 6.67. The van der Waals surface area contributed by atoms with Crippen molar-refractivity contribution in [2.75, 3.05) is 7.05 Å². The van der Waals surface area contributed by atoms with Gasteiger partial charge in [0.15, 0.2) is 0 Å². The predicted molar refractivity (Wildman–Crippen MR) is 60.4 cm³/mol. The summed E-state index contributed by atoms with van der Waals surface area (Å²) in [4.78, 5) is 0. The fourth-order valence-corrected chi connectivity index (χ4v) is 2.07. The molecule has 0 radical (unpaired) electrons. The number of fused-ring (bicyclic) bond motifs is 1. The molecule has 0 aliphatic rings. The largest absolute Gasteiger partial charge is 0.350 e. The van der Waals surface area contributed by atoms with E-state index in [1.54, 1.807) is 0 Å². The summed E-state index contributed by atoms with van der Waals surface area (Å²) in [7, 11) is 4.07. The molecule has 0 saturated heterocycles. The van der Waals surface area contributed by atoms with Crippen LogP contribution in [0.15, 0.2) is 24.4 Å². The lowest BCUT2D eigenvalue weighted by molar-refractivity contribution is 0.818. The molecule has 0 spiro atoms. The van der Waals surface area contributed by atoms with E-state index < -0.39 is 0 Å². The van der Waals surface area contributed by atoms with Crippen molar-refractivity contribution in [1.29, 1.82) is 0 Å². The zero-order chi connectivity index (χ0) is 10.1. The van der Waals surface area contributed by atoms with E-state index >= 15 is 0 Å². The highest BCUT2D eigenvalue weighted by atomic mass is 14.9. The number of nitrogens with zero attached hydrogens (tertiary/aromatic N) is 1. The fraction of sp³-hybridized carbons (Fsp3) is 0.333. The summed E-state index contributed by atoms with van der Waals surface area (Å²) >= 11 is 0. The molecule has 2 nitrogen and oxygen atoms in total. The van der Waals surface area contributed by atoms with E-state index in [0.717, 1.165) is 6.54 Å². The number of hydrogen-bond donors (Lipinski definition) is 1. The molecule has 74 valence electrons. The second-order valence-electron chi connectivity index (χ2n) is 3.81. The quantitative estimate of drug-likeness (QED) is 0.764. The average molecular weight is 188 g/mol. The lowest BCUT2D eigenvalue weighted by Crippen LogP contribution is -2.05. The maximum absolute atomic E-state index is 3.18. The number of benzene rings is 1. The van der Waals surface area contributed by atoms with E-state index in [1.807, 2.05) is 7.05 Å². The van der Waals surface area contributed by atoms with Gasteiger partial charge >= 0.3 is 0 Å². The molecule has 0 aliphatic carbocycles. The minimum absolute atomic E-state index is 0.936. The molecule has 0 aliphatic heterocycles. The zero-order valence-electron chi connectivity index (χ0n) is 8.96. The number of rotatable bonds is 2. The highest BCUT2D eigenvalue weighted by Crippen LogP contribution is 2.21. The van der Waals surface area contributed by atoms with Crippen LogP contribution in [0.25, 0.3) is 10.9 Å². The van der Waals surface area contributed by atoms with Crippen molar-refractivity contribution in [3.63, 3.8) is 0 Å². The molecule has 0 amide bonds. The molecule has 0 saturated carbocycles. The van der Waals surface area contributed by atoms with E-state index in [2.05, 4.69) is 48.3 Å². The monoisotopic (exact) mass is 188 g/mol. The van der Waals surface area contributed by atoms with Crippen molar-refractivity contribution in [3.05, 3.63) is 35.5 Å². The highest BCUT2D eigenvalue weighted by molar-refractivity contribution is 5.84. The minimum atomic E-state index is 0.936. The third-order valence-corrected chi connectivity index (χ3v) is 2.60. The zero-order valence-corrected chi connectivity index (χ0v) is 8.96. The van der Waals surface area contributed by atoms with Gasteiger partial charge < -0.3 is 9.88 Å². The molecule has 0 atom stereocenters. The van der Waals surface area contributed by atoms with Gasteiger partial charge in [-0.25, -0.2) is 0 Å². The molecule has 1 aromatic carbocycles. The summed E-state index contributed by atoms with van der Waals surface area (Å²) in [5, 5.41) is 4.51. The van der Waals surface area contributed by atoms with Crippen LogP contribution in [0.5, 0.6) is 0 Å². The number of aryl methyl sites for hydroxylation is 2. The first kappa shape index (κ1) is 9.28. The van der Waals surface area contributed by atoms with Crippen LogP contribution in [0.4, 0.5) is 0 Å². The summed E-state index contributed by atoms with van der Waals surface area (Å²) in [5.74, 6) is 0. The lowest BCUT2D eigenvalue weighted by atomic mass is 10.1. The van der Waals surface area contributed by atoms with Gasteiger partial charge in [0.05, 0.1) is 5.52 Å². The molecule has 0 fully saturated rings. The van der Waals surface area contributed by atoms with Gasteiger partial charge in [0.1, 0.15) is 0 Å². The summed E-state index contributed by atoms with van der Waals surface area (Å²) in [6.07, 6.45) is 2.11. The summed E-state index contributed by atoms with van der Waals surface area (Å²) in [5.41, 5.74) is 4.04. The highest BCUT2D eigenvalue weighted by Gasteiger charge is 2.03. The molecule has 0 unspecified atom stereocenters.